The quantitative estimate of drug-likeness (QED) is 0.606. The molecule has 0 saturated heterocycles. The fourth-order valence-corrected chi connectivity index (χ4v) is 1.67. The standard InChI is InChI=1S/C12H28N2/c1-6-9-13-10-12(8-3)14(5)11(4)7-2/h11-13H,6-10H2,1-5H3. The van der Waals surface area contributed by atoms with E-state index in [4.69, 9.17) is 0 Å². The Hall–Kier alpha value is -0.0800. The average molecular weight is 200 g/mol. The summed E-state index contributed by atoms with van der Waals surface area (Å²) >= 11 is 0. The first kappa shape index (κ1) is 13.9. The van der Waals surface area contributed by atoms with Crippen molar-refractivity contribution in [3.63, 3.8) is 0 Å². The first-order chi connectivity index (χ1) is 6.67. The van der Waals surface area contributed by atoms with Gasteiger partial charge in [0.2, 0.25) is 0 Å². The summed E-state index contributed by atoms with van der Waals surface area (Å²) in [4.78, 5) is 2.50. The van der Waals surface area contributed by atoms with Crippen molar-refractivity contribution < 1.29 is 0 Å². The molecule has 2 nitrogen and oxygen atoms in total. The van der Waals surface area contributed by atoms with E-state index in [0.29, 0.717) is 12.1 Å². The Kier molecular flexibility index (Phi) is 8.20. The lowest BCUT2D eigenvalue weighted by Crippen LogP contribution is -2.44. The van der Waals surface area contributed by atoms with E-state index in [0.717, 1.165) is 13.1 Å². The number of nitrogens with zero attached hydrogens (tertiary/aromatic N) is 1. The summed E-state index contributed by atoms with van der Waals surface area (Å²) in [6.07, 6.45) is 3.70. The van der Waals surface area contributed by atoms with Crippen molar-refractivity contribution in [3.05, 3.63) is 0 Å². The second-order valence-electron chi connectivity index (χ2n) is 4.19. The third kappa shape index (κ3) is 4.97. The third-order valence-corrected chi connectivity index (χ3v) is 3.14. The van der Waals surface area contributed by atoms with Gasteiger partial charge in [0, 0.05) is 18.6 Å². The fourth-order valence-electron chi connectivity index (χ4n) is 1.67. The molecule has 0 aliphatic rings. The van der Waals surface area contributed by atoms with Crippen LogP contribution in [0.15, 0.2) is 0 Å². The predicted molar refractivity (Wildman–Crippen MR) is 64.8 cm³/mol. The second kappa shape index (κ2) is 8.25. The van der Waals surface area contributed by atoms with Crippen LogP contribution in [0.2, 0.25) is 0 Å². The minimum atomic E-state index is 0.691. The highest BCUT2D eigenvalue weighted by Crippen LogP contribution is 2.08. The van der Waals surface area contributed by atoms with Crippen LogP contribution in [-0.2, 0) is 0 Å². The summed E-state index contributed by atoms with van der Waals surface area (Å²) in [5.41, 5.74) is 0. The minimum absolute atomic E-state index is 0.691. The van der Waals surface area contributed by atoms with E-state index in [1.165, 1.54) is 19.3 Å². The van der Waals surface area contributed by atoms with E-state index in [-0.39, 0.29) is 0 Å². The Morgan fingerprint density at radius 2 is 1.79 bits per heavy atom. The van der Waals surface area contributed by atoms with Gasteiger partial charge in [-0.05, 0) is 39.8 Å². The zero-order chi connectivity index (χ0) is 11.0. The summed E-state index contributed by atoms with van der Waals surface area (Å²) in [5, 5.41) is 3.50. The number of hydrogen-bond acceptors (Lipinski definition) is 2. The van der Waals surface area contributed by atoms with Gasteiger partial charge in [-0.1, -0.05) is 20.8 Å². The zero-order valence-corrected chi connectivity index (χ0v) is 10.6. The molecule has 0 spiro atoms. The van der Waals surface area contributed by atoms with E-state index in [2.05, 4.69) is 45.0 Å². The Morgan fingerprint density at radius 1 is 1.14 bits per heavy atom. The van der Waals surface area contributed by atoms with Crippen molar-refractivity contribution in [2.45, 2.75) is 59.0 Å². The molecule has 0 amide bonds. The minimum Gasteiger partial charge on any atom is -0.315 e. The van der Waals surface area contributed by atoms with Gasteiger partial charge in [-0.15, -0.1) is 0 Å². The van der Waals surface area contributed by atoms with Crippen LogP contribution in [0.3, 0.4) is 0 Å². The molecule has 0 saturated carbocycles. The molecule has 1 N–H and O–H groups in total. The highest BCUT2D eigenvalue weighted by Gasteiger charge is 2.16. The lowest BCUT2D eigenvalue weighted by Gasteiger charge is -2.32. The number of hydrogen-bond donors (Lipinski definition) is 1. The molecular formula is C12H28N2. The van der Waals surface area contributed by atoms with Crippen LogP contribution in [0.25, 0.3) is 0 Å². The molecule has 0 fully saturated rings. The van der Waals surface area contributed by atoms with Gasteiger partial charge in [0.05, 0.1) is 0 Å². The summed E-state index contributed by atoms with van der Waals surface area (Å²) in [6, 6.07) is 1.39. The van der Waals surface area contributed by atoms with Gasteiger partial charge in [0.15, 0.2) is 0 Å². The molecule has 0 aromatic rings. The monoisotopic (exact) mass is 200 g/mol. The van der Waals surface area contributed by atoms with Crippen LogP contribution in [0.4, 0.5) is 0 Å². The van der Waals surface area contributed by atoms with E-state index in [1.807, 2.05) is 0 Å². The highest BCUT2D eigenvalue weighted by atomic mass is 15.2. The maximum atomic E-state index is 3.50. The van der Waals surface area contributed by atoms with Crippen LogP contribution in [0, 0.1) is 0 Å². The topological polar surface area (TPSA) is 15.3 Å². The SMILES string of the molecule is CCCNCC(CC)N(C)C(C)CC. The van der Waals surface area contributed by atoms with E-state index in [9.17, 15) is 0 Å². The van der Waals surface area contributed by atoms with Gasteiger partial charge >= 0.3 is 0 Å². The molecule has 0 aliphatic carbocycles. The van der Waals surface area contributed by atoms with Gasteiger partial charge in [-0.3, -0.25) is 4.90 Å². The number of nitrogens with one attached hydrogen (secondary N) is 1. The Balaban J connectivity index is 3.85. The molecule has 2 unspecified atom stereocenters. The normalized spacial score (nSPS) is 15.9. The van der Waals surface area contributed by atoms with Gasteiger partial charge in [-0.2, -0.15) is 0 Å². The first-order valence-corrected chi connectivity index (χ1v) is 6.09. The van der Waals surface area contributed by atoms with E-state index in [1.54, 1.807) is 0 Å². The van der Waals surface area contributed by atoms with Crippen molar-refractivity contribution >= 4 is 0 Å². The maximum Gasteiger partial charge on any atom is 0.0217 e. The fraction of sp³-hybridized carbons (Fsp3) is 1.00. The highest BCUT2D eigenvalue weighted by molar-refractivity contribution is 4.73. The van der Waals surface area contributed by atoms with Gasteiger partial charge in [-0.25, -0.2) is 0 Å². The second-order valence-corrected chi connectivity index (χ2v) is 4.19. The summed E-state index contributed by atoms with van der Waals surface area (Å²) < 4.78 is 0. The molecule has 0 bridgehead atoms. The van der Waals surface area contributed by atoms with Crippen LogP contribution in [0.5, 0.6) is 0 Å². The van der Waals surface area contributed by atoms with Crippen molar-refractivity contribution in [1.29, 1.82) is 0 Å². The summed E-state index contributed by atoms with van der Waals surface area (Å²) in [6.45, 7) is 11.3. The molecule has 2 atom stereocenters. The molecule has 0 aromatic carbocycles. The van der Waals surface area contributed by atoms with Crippen molar-refractivity contribution in [2.24, 2.45) is 0 Å². The van der Waals surface area contributed by atoms with Gasteiger partial charge in [0.25, 0.3) is 0 Å². The summed E-state index contributed by atoms with van der Waals surface area (Å²) in [5.74, 6) is 0. The molecule has 0 radical (unpaired) electrons. The predicted octanol–water partition coefficient (Wildman–Crippen LogP) is 2.49. The molecule has 0 heterocycles. The van der Waals surface area contributed by atoms with Crippen molar-refractivity contribution in [2.75, 3.05) is 20.1 Å². The third-order valence-electron chi connectivity index (χ3n) is 3.14. The van der Waals surface area contributed by atoms with Crippen LogP contribution in [-0.4, -0.2) is 37.1 Å². The smallest absolute Gasteiger partial charge is 0.0217 e. The molecule has 2 heteroatoms. The largest absolute Gasteiger partial charge is 0.315 e. The van der Waals surface area contributed by atoms with E-state index >= 15 is 0 Å². The lowest BCUT2D eigenvalue weighted by molar-refractivity contribution is 0.171. The van der Waals surface area contributed by atoms with Crippen LogP contribution >= 0.6 is 0 Å². The first-order valence-electron chi connectivity index (χ1n) is 6.09. The van der Waals surface area contributed by atoms with Gasteiger partial charge < -0.3 is 5.32 Å². The summed E-state index contributed by atoms with van der Waals surface area (Å²) in [7, 11) is 2.25. The Bertz CT molecular complexity index is 125. The number of likely N-dealkylation sites (N-methyl/N-ethyl adjacent to an activating group) is 1. The van der Waals surface area contributed by atoms with Crippen molar-refractivity contribution in [1.82, 2.24) is 10.2 Å². The Morgan fingerprint density at radius 3 is 2.21 bits per heavy atom. The maximum absolute atomic E-state index is 3.50. The average Bonchev–Trinajstić information content (AvgIpc) is 2.22. The Labute approximate surface area is 90.1 Å². The molecule has 14 heavy (non-hydrogen) atoms. The number of rotatable bonds is 8. The van der Waals surface area contributed by atoms with E-state index < -0.39 is 0 Å². The molecule has 86 valence electrons. The zero-order valence-electron chi connectivity index (χ0n) is 10.6. The molecule has 0 rings (SSSR count). The van der Waals surface area contributed by atoms with Crippen LogP contribution < -0.4 is 5.32 Å². The molecule has 0 aromatic heterocycles. The lowest BCUT2D eigenvalue weighted by atomic mass is 10.1. The van der Waals surface area contributed by atoms with Gasteiger partial charge in [0.1, 0.15) is 0 Å². The molecular weight excluding hydrogens is 172 g/mol. The van der Waals surface area contributed by atoms with Crippen molar-refractivity contribution in [3.8, 4) is 0 Å². The van der Waals surface area contributed by atoms with Crippen LogP contribution in [0.1, 0.15) is 47.0 Å². The molecule has 0 aliphatic heterocycles.